The zero-order valence-corrected chi connectivity index (χ0v) is 12.5. The number of hydrogen-bond acceptors (Lipinski definition) is 1. The summed E-state index contributed by atoms with van der Waals surface area (Å²) in [6.45, 7) is 2.38. The lowest BCUT2D eigenvalue weighted by molar-refractivity contribution is 0.195. The minimum absolute atomic E-state index is 0.502. The van der Waals surface area contributed by atoms with E-state index in [1.54, 1.807) is 11.1 Å². The van der Waals surface area contributed by atoms with E-state index in [9.17, 15) is 0 Å². The van der Waals surface area contributed by atoms with Crippen molar-refractivity contribution in [1.29, 1.82) is 0 Å². The van der Waals surface area contributed by atoms with Gasteiger partial charge in [-0.25, -0.2) is 0 Å². The van der Waals surface area contributed by atoms with Gasteiger partial charge in [0.2, 0.25) is 0 Å². The zero-order chi connectivity index (χ0) is 13.3. The Morgan fingerprint density at radius 2 is 1.84 bits per heavy atom. The summed E-state index contributed by atoms with van der Waals surface area (Å²) in [5, 5.41) is 3.64. The van der Waals surface area contributed by atoms with Gasteiger partial charge in [0.1, 0.15) is 0 Å². The zero-order valence-electron chi connectivity index (χ0n) is 12.5. The average molecular weight is 257 g/mol. The topological polar surface area (TPSA) is 12.0 Å². The van der Waals surface area contributed by atoms with Gasteiger partial charge in [-0.15, -0.1) is 0 Å². The molecule has 1 aromatic rings. The highest BCUT2D eigenvalue weighted by molar-refractivity contribution is 5.37. The van der Waals surface area contributed by atoms with Crippen molar-refractivity contribution in [2.45, 2.75) is 64.3 Å². The quantitative estimate of drug-likeness (QED) is 0.842. The smallest absolute Gasteiger partial charge is 0.0374 e. The molecule has 1 N–H and O–H groups in total. The molecule has 0 spiro atoms. The molecular formula is C18H27N. The van der Waals surface area contributed by atoms with Crippen LogP contribution in [0, 0.1) is 5.41 Å². The van der Waals surface area contributed by atoms with Gasteiger partial charge in [0, 0.05) is 6.04 Å². The maximum atomic E-state index is 3.64. The third-order valence-corrected chi connectivity index (χ3v) is 5.66. The van der Waals surface area contributed by atoms with Crippen LogP contribution in [0.5, 0.6) is 0 Å². The van der Waals surface area contributed by atoms with Crippen molar-refractivity contribution in [2.75, 3.05) is 7.05 Å². The van der Waals surface area contributed by atoms with Crippen LogP contribution in [0.25, 0.3) is 0 Å². The van der Waals surface area contributed by atoms with Crippen LogP contribution >= 0.6 is 0 Å². The Morgan fingerprint density at radius 3 is 2.53 bits per heavy atom. The van der Waals surface area contributed by atoms with Gasteiger partial charge in [-0.3, -0.25) is 0 Å². The fourth-order valence-electron chi connectivity index (χ4n) is 4.52. The lowest BCUT2D eigenvalue weighted by atomic mass is 9.73. The van der Waals surface area contributed by atoms with E-state index in [4.69, 9.17) is 0 Å². The molecule has 0 heterocycles. The highest BCUT2D eigenvalue weighted by atomic mass is 14.9. The van der Waals surface area contributed by atoms with E-state index in [-0.39, 0.29) is 0 Å². The predicted molar refractivity (Wildman–Crippen MR) is 81.5 cm³/mol. The van der Waals surface area contributed by atoms with E-state index in [0.717, 1.165) is 0 Å². The Kier molecular flexibility index (Phi) is 3.66. The maximum absolute atomic E-state index is 3.64. The first-order valence-corrected chi connectivity index (χ1v) is 8.08. The minimum atomic E-state index is 0.502. The molecule has 1 atom stereocenters. The standard InChI is InChI=1S/C18H27N/c1-3-18(11-4-5-12-18)17(19-2)16-10-9-14-7-6-8-15(14)13-16/h9-10,13,17,19H,3-8,11-12H2,1-2H3. The molecular weight excluding hydrogens is 230 g/mol. The van der Waals surface area contributed by atoms with Gasteiger partial charge in [-0.2, -0.15) is 0 Å². The lowest BCUT2D eigenvalue weighted by Gasteiger charge is -2.37. The molecule has 1 unspecified atom stereocenters. The Labute approximate surface area is 117 Å². The molecule has 0 aromatic heterocycles. The molecule has 2 aliphatic rings. The summed E-state index contributed by atoms with van der Waals surface area (Å²) >= 11 is 0. The molecule has 104 valence electrons. The fraction of sp³-hybridized carbons (Fsp3) is 0.667. The number of nitrogens with one attached hydrogen (secondary N) is 1. The monoisotopic (exact) mass is 257 g/mol. The van der Waals surface area contributed by atoms with Crippen molar-refractivity contribution in [3.63, 3.8) is 0 Å². The summed E-state index contributed by atoms with van der Waals surface area (Å²) in [6, 6.07) is 7.83. The Hall–Kier alpha value is -0.820. The van der Waals surface area contributed by atoms with E-state index < -0.39 is 0 Å². The molecule has 1 nitrogen and oxygen atoms in total. The van der Waals surface area contributed by atoms with Crippen LogP contribution in [0.3, 0.4) is 0 Å². The molecule has 1 saturated carbocycles. The van der Waals surface area contributed by atoms with Gasteiger partial charge in [-0.1, -0.05) is 38.0 Å². The van der Waals surface area contributed by atoms with Gasteiger partial charge in [0.15, 0.2) is 0 Å². The van der Waals surface area contributed by atoms with E-state index in [1.807, 2.05) is 0 Å². The van der Waals surface area contributed by atoms with Crippen molar-refractivity contribution >= 4 is 0 Å². The van der Waals surface area contributed by atoms with Crippen LogP contribution in [0.1, 0.15) is 68.2 Å². The molecule has 2 aliphatic carbocycles. The van der Waals surface area contributed by atoms with Crippen LogP contribution in [0.4, 0.5) is 0 Å². The second-order valence-electron chi connectivity index (χ2n) is 6.53. The minimum Gasteiger partial charge on any atom is -0.313 e. The van der Waals surface area contributed by atoms with Crippen molar-refractivity contribution in [3.8, 4) is 0 Å². The van der Waals surface area contributed by atoms with Crippen LogP contribution < -0.4 is 5.32 Å². The number of rotatable bonds is 4. The van der Waals surface area contributed by atoms with Gasteiger partial charge >= 0.3 is 0 Å². The number of fused-ring (bicyclic) bond motifs is 1. The molecule has 19 heavy (non-hydrogen) atoms. The van der Waals surface area contributed by atoms with Crippen molar-refractivity contribution in [3.05, 3.63) is 34.9 Å². The number of aryl methyl sites for hydroxylation is 2. The summed E-state index contributed by atoms with van der Waals surface area (Å²) in [5.74, 6) is 0. The van der Waals surface area contributed by atoms with Gasteiger partial charge in [0.05, 0.1) is 0 Å². The first kappa shape index (κ1) is 13.2. The van der Waals surface area contributed by atoms with Crippen molar-refractivity contribution in [2.24, 2.45) is 5.41 Å². The number of hydrogen-bond donors (Lipinski definition) is 1. The third-order valence-electron chi connectivity index (χ3n) is 5.66. The molecule has 0 bridgehead atoms. The Morgan fingerprint density at radius 1 is 1.11 bits per heavy atom. The first-order chi connectivity index (χ1) is 9.29. The van der Waals surface area contributed by atoms with E-state index in [2.05, 4.69) is 37.5 Å². The maximum Gasteiger partial charge on any atom is 0.0374 e. The van der Waals surface area contributed by atoms with Crippen LogP contribution in [-0.2, 0) is 12.8 Å². The molecule has 0 amide bonds. The lowest BCUT2D eigenvalue weighted by Crippen LogP contribution is -2.34. The summed E-state index contributed by atoms with van der Waals surface area (Å²) in [7, 11) is 2.15. The third kappa shape index (κ3) is 2.23. The van der Waals surface area contributed by atoms with Crippen molar-refractivity contribution < 1.29 is 0 Å². The summed E-state index contributed by atoms with van der Waals surface area (Å²) in [4.78, 5) is 0. The van der Waals surface area contributed by atoms with Crippen molar-refractivity contribution in [1.82, 2.24) is 5.32 Å². The van der Waals surface area contributed by atoms with Gasteiger partial charge < -0.3 is 5.32 Å². The molecule has 1 heteroatoms. The van der Waals surface area contributed by atoms with Gasteiger partial charge in [0.25, 0.3) is 0 Å². The van der Waals surface area contributed by atoms with Crippen LogP contribution in [-0.4, -0.2) is 7.05 Å². The SMILES string of the molecule is CCC1(C(NC)c2ccc3c(c2)CCC3)CCCC1. The molecule has 1 fully saturated rings. The van der Waals surface area contributed by atoms with E-state index >= 15 is 0 Å². The Balaban J connectivity index is 1.93. The molecule has 1 aromatic carbocycles. The second kappa shape index (κ2) is 5.28. The first-order valence-electron chi connectivity index (χ1n) is 8.08. The molecule has 0 aliphatic heterocycles. The molecule has 0 radical (unpaired) electrons. The highest BCUT2D eigenvalue weighted by Gasteiger charge is 2.39. The summed E-state index contributed by atoms with van der Waals surface area (Å²) in [5.41, 5.74) is 5.24. The molecule has 3 rings (SSSR count). The summed E-state index contributed by atoms with van der Waals surface area (Å²) < 4.78 is 0. The average Bonchev–Trinajstić information content (AvgIpc) is 3.08. The van der Waals surface area contributed by atoms with Crippen LogP contribution in [0.2, 0.25) is 0 Å². The highest BCUT2D eigenvalue weighted by Crippen LogP contribution is 2.50. The summed E-state index contributed by atoms with van der Waals surface area (Å²) in [6.07, 6.45) is 10.8. The normalized spacial score (nSPS) is 22.4. The Bertz CT molecular complexity index is 443. The fourth-order valence-corrected chi connectivity index (χ4v) is 4.52. The van der Waals surface area contributed by atoms with E-state index in [0.29, 0.717) is 11.5 Å². The second-order valence-corrected chi connectivity index (χ2v) is 6.53. The number of benzene rings is 1. The predicted octanol–water partition coefficient (Wildman–Crippen LogP) is 4.41. The van der Waals surface area contributed by atoms with E-state index in [1.165, 1.54) is 56.9 Å². The molecule has 0 saturated heterocycles. The van der Waals surface area contributed by atoms with Gasteiger partial charge in [-0.05, 0) is 67.7 Å². The largest absolute Gasteiger partial charge is 0.313 e. The van der Waals surface area contributed by atoms with Crippen LogP contribution in [0.15, 0.2) is 18.2 Å².